The van der Waals surface area contributed by atoms with Gasteiger partial charge in [0.05, 0.1) is 25.9 Å². The van der Waals surface area contributed by atoms with E-state index < -0.39 is 0 Å². The van der Waals surface area contributed by atoms with Gasteiger partial charge in [0.2, 0.25) is 0 Å². The van der Waals surface area contributed by atoms with Crippen LogP contribution in [0.3, 0.4) is 0 Å². The molecule has 1 aliphatic heterocycles. The molecule has 1 aromatic heterocycles. The lowest BCUT2D eigenvalue weighted by Gasteiger charge is -2.28. The molecule has 0 saturated carbocycles. The fourth-order valence-electron chi connectivity index (χ4n) is 3.55. The van der Waals surface area contributed by atoms with Crippen molar-refractivity contribution in [2.24, 2.45) is 12.0 Å². The summed E-state index contributed by atoms with van der Waals surface area (Å²) in [6, 6.07) is 18.4. The molecule has 4 rings (SSSR count). The molecule has 0 amide bonds. The first-order valence-corrected chi connectivity index (χ1v) is 10.9. The number of benzene rings is 2. The van der Waals surface area contributed by atoms with Crippen LogP contribution in [0.15, 0.2) is 59.6 Å². The minimum Gasteiger partial charge on any atom is -0.493 e. The van der Waals surface area contributed by atoms with Gasteiger partial charge in [0, 0.05) is 25.6 Å². The lowest BCUT2D eigenvalue weighted by Crippen LogP contribution is -2.42. The zero-order valence-electron chi connectivity index (χ0n) is 19.0. The summed E-state index contributed by atoms with van der Waals surface area (Å²) in [5.41, 5.74) is 2.30. The molecule has 0 aliphatic carbocycles. The number of guanidine groups is 1. The second-order valence-electron chi connectivity index (χ2n) is 7.72. The molecule has 1 atom stereocenters. The zero-order chi connectivity index (χ0) is 22.2. The standard InChI is InChI=1S/C24H30N6O2.HI/c1-18-28-29-23(30(18)2)16-26-24(25-13-15-31-17-19-8-4-3-5-9-19)27-21-12-14-32-22-11-7-6-10-20(21)22;/h3-11,21H,12-17H2,1-2H3,(H2,25,26,27);1H. The van der Waals surface area contributed by atoms with Crippen LogP contribution in [0.1, 0.15) is 35.2 Å². The third-order valence-corrected chi connectivity index (χ3v) is 5.48. The van der Waals surface area contributed by atoms with E-state index >= 15 is 0 Å². The van der Waals surface area contributed by atoms with Crippen LogP contribution in [0.25, 0.3) is 0 Å². The third-order valence-electron chi connectivity index (χ3n) is 5.48. The number of halogens is 1. The van der Waals surface area contributed by atoms with Crippen molar-refractivity contribution < 1.29 is 9.47 Å². The van der Waals surface area contributed by atoms with Gasteiger partial charge in [-0.1, -0.05) is 48.5 Å². The third kappa shape index (κ3) is 6.91. The number of aryl methyl sites for hydroxylation is 1. The van der Waals surface area contributed by atoms with Crippen molar-refractivity contribution in [2.75, 3.05) is 19.8 Å². The Bertz CT molecular complexity index is 1040. The number of hydrogen-bond acceptors (Lipinski definition) is 5. The van der Waals surface area contributed by atoms with Crippen molar-refractivity contribution >= 4 is 29.9 Å². The predicted octanol–water partition coefficient (Wildman–Crippen LogP) is 3.52. The Morgan fingerprint density at radius 3 is 2.73 bits per heavy atom. The monoisotopic (exact) mass is 562 g/mol. The SMILES string of the molecule is Cc1nnc(CN=C(NCCOCc2ccccc2)NC2CCOc3ccccc32)n1C.I. The molecule has 9 heteroatoms. The Kier molecular flexibility index (Phi) is 9.49. The van der Waals surface area contributed by atoms with Gasteiger partial charge in [-0.05, 0) is 18.6 Å². The minimum absolute atomic E-state index is 0. The highest BCUT2D eigenvalue weighted by molar-refractivity contribution is 14.0. The molecule has 0 radical (unpaired) electrons. The molecule has 1 aliphatic rings. The summed E-state index contributed by atoms with van der Waals surface area (Å²) in [6.45, 7) is 4.84. The normalized spacial score (nSPS) is 15.2. The molecule has 2 aromatic carbocycles. The van der Waals surface area contributed by atoms with Crippen LogP contribution < -0.4 is 15.4 Å². The molecule has 2 heterocycles. The smallest absolute Gasteiger partial charge is 0.192 e. The molecular weight excluding hydrogens is 531 g/mol. The van der Waals surface area contributed by atoms with Crippen molar-refractivity contribution in [1.82, 2.24) is 25.4 Å². The highest BCUT2D eigenvalue weighted by Gasteiger charge is 2.22. The number of nitrogens with one attached hydrogen (secondary N) is 2. The number of rotatable bonds is 8. The first-order chi connectivity index (χ1) is 15.7. The van der Waals surface area contributed by atoms with Gasteiger partial charge in [0.1, 0.15) is 18.1 Å². The van der Waals surface area contributed by atoms with E-state index in [-0.39, 0.29) is 30.0 Å². The van der Waals surface area contributed by atoms with Crippen molar-refractivity contribution in [1.29, 1.82) is 0 Å². The molecule has 2 N–H and O–H groups in total. The lowest BCUT2D eigenvalue weighted by molar-refractivity contribution is 0.125. The number of para-hydroxylation sites is 1. The second kappa shape index (κ2) is 12.5. The van der Waals surface area contributed by atoms with Gasteiger partial charge >= 0.3 is 0 Å². The van der Waals surface area contributed by atoms with Gasteiger partial charge in [0.15, 0.2) is 11.8 Å². The van der Waals surface area contributed by atoms with Crippen molar-refractivity contribution in [3.8, 4) is 5.75 Å². The van der Waals surface area contributed by atoms with Crippen LogP contribution in [0.2, 0.25) is 0 Å². The summed E-state index contributed by atoms with van der Waals surface area (Å²) in [4.78, 5) is 4.77. The molecule has 176 valence electrons. The maximum Gasteiger partial charge on any atom is 0.192 e. The summed E-state index contributed by atoms with van der Waals surface area (Å²) in [6.07, 6.45) is 0.866. The highest BCUT2D eigenvalue weighted by Crippen LogP contribution is 2.31. The highest BCUT2D eigenvalue weighted by atomic mass is 127. The van der Waals surface area contributed by atoms with Crippen molar-refractivity contribution in [3.63, 3.8) is 0 Å². The van der Waals surface area contributed by atoms with Crippen molar-refractivity contribution in [2.45, 2.75) is 32.5 Å². The number of nitrogens with zero attached hydrogens (tertiary/aromatic N) is 4. The predicted molar refractivity (Wildman–Crippen MR) is 139 cm³/mol. The largest absolute Gasteiger partial charge is 0.493 e. The van der Waals surface area contributed by atoms with Gasteiger partial charge in [-0.25, -0.2) is 4.99 Å². The zero-order valence-corrected chi connectivity index (χ0v) is 21.4. The van der Waals surface area contributed by atoms with E-state index in [0.717, 1.165) is 40.9 Å². The van der Waals surface area contributed by atoms with Crippen LogP contribution in [-0.4, -0.2) is 40.5 Å². The molecule has 0 fully saturated rings. The fourth-order valence-corrected chi connectivity index (χ4v) is 3.55. The topological polar surface area (TPSA) is 85.6 Å². The second-order valence-corrected chi connectivity index (χ2v) is 7.72. The molecule has 8 nitrogen and oxygen atoms in total. The summed E-state index contributed by atoms with van der Waals surface area (Å²) >= 11 is 0. The minimum atomic E-state index is 0. The molecule has 0 bridgehead atoms. The van der Waals surface area contributed by atoms with Crippen LogP contribution >= 0.6 is 24.0 Å². The van der Waals surface area contributed by atoms with E-state index in [2.05, 4.69) is 39.0 Å². The molecule has 0 saturated heterocycles. The van der Waals surface area contributed by atoms with Gasteiger partial charge in [-0.15, -0.1) is 34.2 Å². The number of fused-ring (bicyclic) bond motifs is 1. The van der Waals surface area contributed by atoms with E-state index in [1.54, 1.807) is 0 Å². The average molecular weight is 562 g/mol. The summed E-state index contributed by atoms with van der Waals surface area (Å²) in [5.74, 6) is 3.32. The molecule has 1 unspecified atom stereocenters. The first-order valence-electron chi connectivity index (χ1n) is 10.9. The Morgan fingerprint density at radius 2 is 1.94 bits per heavy atom. The van der Waals surface area contributed by atoms with Gasteiger partial charge in [0.25, 0.3) is 0 Å². The number of aromatic nitrogens is 3. The fraction of sp³-hybridized carbons (Fsp3) is 0.375. The number of aliphatic imine (C=N–C) groups is 1. The van der Waals surface area contributed by atoms with Gasteiger partial charge < -0.3 is 24.7 Å². The molecular formula is C24H31IN6O2. The Labute approximate surface area is 211 Å². The maximum absolute atomic E-state index is 5.81. The molecule has 0 spiro atoms. The summed E-state index contributed by atoms with van der Waals surface area (Å²) in [5, 5.41) is 15.3. The number of hydrogen-bond donors (Lipinski definition) is 2. The molecule has 3 aromatic rings. The van der Waals surface area contributed by atoms with Crippen LogP contribution in [0, 0.1) is 6.92 Å². The number of ether oxygens (including phenoxy) is 2. The van der Waals surface area contributed by atoms with Crippen LogP contribution in [0.4, 0.5) is 0 Å². The Hall–Kier alpha value is -2.66. The quantitative estimate of drug-likeness (QED) is 0.189. The van der Waals surface area contributed by atoms with Gasteiger partial charge in [-0.2, -0.15) is 0 Å². The lowest BCUT2D eigenvalue weighted by atomic mass is 10.0. The average Bonchev–Trinajstić information content (AvgIpc) is 3.15. The van der Waals surface area contributed by atoms with E-state index in [4.69, 9.17) is 14.5 Å². The summed E-state index contributed by atoms with van der Waals surface area (Å²) in [7, 11) is 1.95. The van der Waals surface area contributed by atoms with E-state index in [9.17, 15) is 0 Å². The Balaban J connectivity index is 0.00000306. The van der Waals surface area contributed by atoms with Gasteiger partial charge in [-0.3, -0.25) is 0 Å². The Morgan fingerprint density at radius 1 is 1.15 bits per heavy atom. The van der Waals surface area contributed by atoms with E-state index in [0.29, 0.717) is 32.9 Å². The van der Waals surface area contributed by atoms with E-state index in [1.165, 1.54) is 0 Å². The maximum atomic E-state index is 5.81. The van der Waals surface area contributed by atoms with E-state index in [1.807, 2.05) is 54.9 Å². The van der Waals surface area contributed by atoms with Crippen LogP contribution in [-0.2, 0) is 24.9 Å². The van der Waals surface area contributed by atoms with Crippen LogP contribution in [0.5, 0.6) is 5.75 Å². The molecule has 33 heavy (non-hydrogen) atoms. The summed E-state index contributed by atoms with van der Waals surface area (Å²) < 4.78 is 13.6. The van der Waals surface area contributed by atoms with Crippen molar-refractivity contribution in [3.05, 3.63) is 77.4 Å². The first kappa shape index (κ1) is 25.0.